The van der Waals surface area contributed by atoms with Crippen molar-refractivity contribution in [2.45, 2.75) is 89.1 Å². The lowest BCUT2D eigenvalue weighted by Crippen LogP contribution is -2.63. The van der Waals surface area contributed by atoms with Crippen LogP contribution in [-0.4, -0.2) is 76.6 Å². The van der Waals surface area contributed by atoms with Crippen LogP contribution in [0.25, 0.3) is 0 Å². The number of hydrogen-bond donors (Lipinski definition) is 3. The standard InChI is InChI=1S/C32H44F3N5O5S/c1-19-15-21(46(44,45)24-16-31(25(24)29(2,3)4)10-13-39(14-11-31)28(41)42)7-8-23(19)37-27-36-17-22(32(33,34)35)26(38-27)40-12-9-20(18-40)30(5,6)43/h7-8,15,17,20,24-25,43H,9-14,16,18H2,1-6H3,(H,41,42)(H,36,37,38). The van der Waals surface area contributed by atoms with Crippen molar-refractivity contribution in [3.05, 3.63) is 35.5 Å². The summed E-state index contributed by atoms with van der Waals surface area (Å²) >= 11 is 0. The van der Waals surface area contributed by atoms with Crippen molar-refractivity contribution in [3.8, 4) is 0 Å². The maximum absolute atomic E-state index is 14.0. The molecule has 1 spiro atoms. The Balaban J connectivity index is 1.37. The molecule has 254 valence electrons. The predicted molar refractivity (Wildman–Crippen MR) is 168 cm³/mol. The molecule has 1 aliphatic carbocycles. The molecule has 10 nitrogen and oxygen atoms in total. The first-order valence-electron chi connectivity index (χ1n) is 15.6. The quantitative estimate of drug-likeness (QED) is 0.333. The molecule has 3 N–H and O–H groups in total. The number of likely N-dealkylation sites (tertiary alicyclic amines) is 1. The Labute approximate surface area is 268 Å². The minimum absolute atomic E-state index is 0.0603. The summed E-state index contributed by atoms with van der Waals surface area (Å²) in [6.45, 7) is 12.4. The summed E-state index contributed by atoms with van der Waals surface area (Å²) in [6.07, 6.45) is -2.65. The number of carboxylic acid groups (broad SMARTS) is 1. The van der Waals surface area contributed by atoms with Gasteiger partial charge in [-0.05, 0) is 87.0 Å². The fourth-order valence-electron chi connectivity index (χ4n) is 7.95. The lowest BCUT2D eigenvalue weighted by atomic mass is 9.48. The third kappa shape index (κ3) is 6.39. The van der Waals surface area contributed by atoms with Crippen LogP contribution in [0.4, 0.5) is 35.4 Å². The van der Waals surface area contributed by atoms with Gasteiger partial charge >= 0.3 is 12.3 Å². The van der Waals surface area contributed by atoms with Gasteiger partial charge < -0.3 is 25.3 Å². The largest absolute Gasteiger partial charge is 0.465 e. The Kier molecular flexibility index (Phi) is 8.58. The molecule has 3 unspecified atom stereocenters. The zero-order valence-corrected chi connectivity index (χ0v) is 28.0. The molecular weight excluding hydrogens is 623 g/mol. The molecule has 3 heterocycles. The molecule has 0 bridgehead atoms. The summed E-state index contributed by atoms with van der Waals surface area (Å²) in [7, 11) is -3.75. The molecule has 46 heavy (non-hydrogen) atoms. The highest BCUT2D eigenvalue weighted by Gasteiger charge is 2.62. The van der Waals surface area contributed by atoms with Crippen LogP contribution in [0.15, 0.2) is 29.3 Å². The molecule has 1 aromatic heterocycles. The van der Waals surface area contributed by atoms with E-state index in [4.69, 9.17) is 0 Å². The number of carbonyl (C=O) groups is 1. The lowest BCUT2D eigenvalue weighted by Gasteiger charge is -2.62. The average Bonchev–Trinajstić information content (AvgIpc) is 3.43. The zero-order valence-electron chi connectivity index (χ0n) is 27.1. The van der Waals surface area contributed by atoms with Crippen LogP contribution in [0.3, 0.4) is 0 Å². The number of hydrogen-bond acceptors (Lipinski definition) is 8. The second-order valence-corrected chi connectivity index (χ2v) is 17.0. The third-order valence-corrected chi connectivity index (χ3v) is 12.5. The number of rotatable bonds is 6. The molecule has 3 atom stereocenters. The predicted octanol–water partition coefficient (Wildman–Crippen LogP) is 6.11. The molecule has 14 heteroatoms. The minimum Gasteiger partial charge on any atom is -0.465 e. The van der Waals surface area contributed by atoms with Gasteiger partial charge in [0.2, 0.25) is 5.95 Å². The third-order valence-electron chi connectivity index (χ3n) is 10.3. The summed E-state index contributed by atoms with van der Waals surface area (Å²) in [5.74, 6) is -0.706. The van der Waals surface area contributed by atoms with E-state index in [1.165, 1.54) is 15.9 Å². The highest BCUT2D eigenvalue weighted by molar-refractivity contribution is 7.92. The molecule has 1 saturated carbocycles. The molecule has 2 aromatic rings. The highest BCUT2D eigenvalue weighted by Crippen LogP contribution is 2.63. The number of anilines is 3. The number of benzene rings is 1. The van der Waals surface area contributed by atoms with E-state index >= 15 is 0 Å². The van der Waals surface area contributed by atoms with Crippen LogP contribution >= 0.6 is 0 Å². The van der Waals surface area contributed by atoms with Gasteiger partial charge in [0.1, 0.15) is 11.4 Å². The van der Waals surface area contributed by atoms with Gasteiger partial charge in [0.25, 0.3) is 0 Å². The molecule has 2 saturated heterocycles. The van der Waals surface area contributed by atoms with Crippen LogP contribution in [0.5, 0.6) is 0 Å². The molecule has 1 amide bonds. The number of alkyl halides is 3. The average molecular weight is 668 g/mol. The van der Waals surface area contributed by atoms with Gasteiger partial charge in [-0.2, -0.15) is 18.2 Å². The van der Waals surface area contributed by atoms with Gasteiger partial charge in [-0.15, -0.1) is 0 Å². The Bertz CT molecular complexity index is 1590. The van der Waals surface area contributed by atoms with E-state index < -0.39 is 38.5 Å². The fourth-order valence-corrected chi connectivity index (χ4v) is 10.5. The second kappa shape index (κ2) is 11.5. The number of amides is 1. The molecule has 0 radical (unpaired) electrons. The zero-order chi connectivity index (χ0) is 34.0. The van der Waals surface area contributed by atoms with Crippen LogP contribution in [0.1, 0.15) is 71.4 Å². The number of sulfone groups is 1. The number of aryl methyl sites for hydroxylation is 1. The summed E-state index contributed by atoms with van der Waals surface area (Å²) in [5, 5.41) is 22.2. The first-order valence-corrected chi connectivity index (χ1v) is 17.2. The minimum atomic E-state index is -4.68. The van der Waals surface area contributed by atoms with Crippen molar-refractivity contribution in [2.24, 2.45) is 22.7 Å². The maximum Gasteiger partial charge on any atom is 0.421 e. The first-order chi connectivity index (χ1) is 21.1. The monoisotopic (exact) mass is 667 g/mol. The number of halogens is 3. The van der Waals surface area contributed by atoms with Crippen molar-refractivity contribution >= 4 is 33.4 Å². The highest BCUT2D eigenvalue weighted by atomic mass is 32.2. The van der Waals surface area contributed by atoms with Crippen molar-refractivity contribution in [3.63, 3.8) is 0 Å². The Morgan fingerprint density at radius 2 is 1.74 bits per heavy atom. The fraction of sp³-hybridized carbons (Fsp3) is 0.656. The van der Waals surface area contributed by atoms with Gasteiger partial charge in [0.15, 0.2) is 9.84 Å². The van der Waals surface area contributed by atoms with E-state index in [9.17, 15) is 36.6 Å². The number of nitrogens with one attached hydrogen (secondary N) is 1. The number of piperidine rings is 1. The van der Waals surface area contributed by atoms with E-state index in [2.05, 4.69) is 15.3 Å². The molecule has 3 aliphatic rings. The maximum atomic E-state index is 14.0. The van der Waals surface area contributed by atoms with Gasteiger partial charge in [-0.1, -0.05) is 20.8 Å². The smallest absolute Gasteiger partial charge is 0.421 e. The molecule has 3 fully saturated rings. The Hall–Kier alpha value is -3.13. The van der Waals surface area contributed by atoms with E-state index in [1.807, 2.05) is 20.8 Å². The first kappa shape index (κ1) is 34.2. The molecule has 1 aromatic carbocycles. The molecule has 2 aliphatic heterocycles. The summed E-state index contributed by atoms with van der Waals surface area (Å²) in [4.78, 5) is 22.7. The summed E-state index contributed by atoms with van der Waals surface area (Å²) in [6, 6.07) is 4.64. The molecular formula is C32H44F3N5O5S. The van der Waals surface area contributed by atoms with Crippen molar-refractivity contribution in [1.82, 2.24) is 14.9 Å². The van der Waals surface area contributed by atoms with Gasteiger partial charge in [0.05, 0.1) is 15.7 Å². The van der Waals surface area contributed by atoms with Gasteiger partial charge in [-0.3, -0.25) is 0 Å². The van der Waals surface area contributed by atoms with E-state index in [1.54, 1.807) is 32.9 Å². The van der Waals surface area contributed by atoms with Gasteiger partial charge in [0, 0.05) is 44.0 Å². The normalized spacial score (nSPS) is 23.8. The van der Waals surface area contributed by atoms with E-state index in [0.717, 1.165) is 6.20 Å². The van der Waals surface area contributed by atoms with Crippen molar-refractivity contribution < 1.29 is 36.6 Å². The Morgan fingerprint density at radius 1 is 1.09 bits per heavy atom. The van der Waals surface area contributed by atoms with E-state index in [-0.39, 0.29) is 45.9 Å². The van der Waals surface area contributed by atoms with Crippen molar-refractivity contribution in [1.29, 1.82) is 0 Å². The summed E-state index contributed by atoms with van der Waals surface area (Å²) in [5.41, 5.74) is -1.56. The number of nitrogens with zero attached hydrogens (tertiary/aromatic N) is 4. The lowest BCUT2D eigenvalue weighted by molar-refractivity contribution is -0.137. The SMILES string of the molecule is Cc1cc(S(=O)(=O)C2CC3(CCN(C(=O)O)CC3)C2C(C)(C)C)ccc1Nc1ncc(C(F)(F)F)c(N2CCC(C(C)(C)O)C2)n1. The van der Waals surface area contributed by atoms with Crippen LogP contribution in [0, 0.1) is 29.6 Å². The molecule has 5 rings (SSSR count). The van der Waals surface area contributed by atoms with Gasteiger partial charge in [-0.25, -0.2) is 18.2 Å². The number of aliphatic hydroxyl groups is 1. The second-order valence-electron chi connectivity index (χ2n) is 14.9. The summed E-state index contributed by atoms with van der Waals surface area (Å²) < 4.78 is 69.8. The number of aromatic nitrogens is 2. The van der Waals surface area contributed by atoms with Crippen LogP contribution in [0.2, 0.25) is 0 Å². The van der Waals surface area contributed by atoms with E-state index in [0.29, 0.717) is 56.6 Å². The Morgan fingerprint density at radius 3 is 2.26 bits per heavy atom. The topological polar surface area (TPSA) is 136 Å². The van der Waals surface area contributed by atoms with Crippen molar-refractivity contribution in [2.75, 3.05) is 36.4 Å². The van der Waals surface area contributed by atoms with Crippen LogP contribution in [-0.2, 0) is 16.0 Å². The van der Waals surface area contributed by atoms with Crippen LogP contribution < -0.4 is 10.2 Å².